The number of nitrogens with one attached hydrogen (secondary N) is 1. The van der Waals surface area contributed by atoms with Crippen LogP contribution >= 0.6 is 11.3 Å². The lowest BCUT2D eigenvalue weighted by molar-refractivity contribution is -0.123. The molecule has 4 rings (SSSR count). The number of fused-ring (bicyclic) bond motifs is 3. The number of aromatic nitrogens is 1. The van der Waals surface area contributed by atoms with Crippen molar-refractivity contribution >= 4 is 39.2 Å². The maximum absolute atomic E-state index is 11.9. The van der Waals surface area contributed by atoms with Crippen LogP contribution in [0.4, 0.5) is 0 Å². The molecule has 4 aromatic rings. The highest BCUT2D eigenvalue weighted by Gasteiger charge is 2.09. The summed E-state index contributed by atoms with van der Waals surface area (Å²) in [5.41, 5.74) is 1.64. The highest BCUT2D eigenvalue weighted by molar-refractivity contribution is 7.09. The Kier molecular flexibility index (Phi) is 3.88. The number of amides is 1. The van der Waals surface area contributed by atoms with E-state index in [1.54, 1.807) is 12.3 Å². The minimum Gasteiger partial charge on any atom is -0.484 e. The number of carbonyl (C=O) groups is 1. The molecule has 2 aromatic carbocycles. The Labute approximate surface area is 141 Å². The molecule has 0 atom stereocenters. The van der Waals surface area contributed by atoms with E-state index in [0.717, 1.165) is 26.9 Å². The third-order valence-corrected chi connectivity index (χ3v) is 4.42. The number of para-hydroxylation sites is 1. The molecule has 0 radical (unpaired) electrons. The molecule has 5 nitrogen and oxygen atoms in total. The molecule has 0 aliphatic carbocycles. The summed E-state index contributed by atoms with van der Waals surface area (Å²) < 4.78 is 11.4. The standard InChI is InChI=1S/C18H14N2O3S/c21-17(20-10-18-19-7-8-24-18)11-22-12-5-6-16-14(9-12)13-3-1-2-4-15(13)23-16/h1-9H,10-11H2,(H,20,21). The number of hydrogen-bond acceptors (Lipinski definition) is 5. The third kappa shape index (κ3) is 2.96. The largest absolute Gasteiger partial charge is 0.484 e. The van der Waals surface area contributed by atoms with Gasteiger partial charge in [0.2, 0.25) is 0 Å². The molecule has 1 N–H and O–H groups in total. The zero-order valence-corrected chi connectivity index (χ0v) is 13.5. The number of nitrogens with zero attached hydrogens (tertiary/aromatic N) is 1. The van der Waals surface area contributed by atoms with Gasteiger partial charge in [0.15, 0.2) is 6.61 Å². The molecule has 0 saturated carbocycles. The number of rotatable bonds is 5. The van der Waals surface area contributed by atoms with E-state index in [-0.39, 0.29) is 12.5 Å². The van der Waals surface area contributed by atoms with Crippen molar-refractivity contribution in [1.29, 1.82) is 0 Å². The Balaban J connectivity index is 1.44. The van der Waals surface area contributed by atoms with Crippen LogP contribution in [-0.4, -0.2) is 17.5 Å². The predicted octanol–water partition coefficient (Wildman–Crippen LogP) is 3.74. The summed E-state index contributed by atoms with van der Waals surface area (Å²) in [6, 6.07) is 13.4. The van der Waals surface area contributed by atoms with Crippen LogP contribution in [-0.2, 0) is 11.3 Å². The van der Waals surface area contributed by atoms with Crippen molar-refractivity contribution in [2.75, 3.05) is 6.61 Å². The van der Waals surface area contributed by atoms with Gasteiger partial charge in [0.05, 0.1) is 6.54 Å². The molecule has 0 spiro atoms. The van der Waals surface area contributed by atoms with Crippen molar-refractivity contribution in [2.24, 2.45) is 0 Å². The lowest BCUT2D eigenvalue weighted by Gasteiger charge is -2.06. The number of ether oxygens (including phenoxy) is 1. The average molecular weight is 338 g/mol. The van der Waals surface area contributed by atoms with Crippen LogP contribution in [0.1, 0.15) is 5.01 Å². The quantitative estimate of drug-likeness (QED) is 0.602. The molecule has 0 aliphatic rings. The Bertz CT molecular complexity index is 992. The first-order valence-corrected chi connectivity index (χ1v) is 8.37. The minimum atomic E-state index is -0.178. The second-order valence-electron chi connectivity index (χ2n) is 5.25. The highest BCUT2D eigenvalue weighted by atomic mass is 32.1. The molecule has 0 unspecified atom stereocenters. The average Bonchev–Trinajstić information content (AvgIpc) is 3.25. The molecule has 24 heavy (non-hydrogen) atoms. The van der Waals surface area contributed by atoms with E-state index in [2.05, 4.69) is 10.3 Å². The van der Waals surface area contributed by atoms with E-state index in [9.17, 15) is 4.79 Å². The van der Waals surface area contributed by atoms with E-state index >= 15 is 0 Å². The molecular weight excluding hydrogens is 324 g/mol. The summed E-state index contributed by atoms with van der Waals surface area (Å²) in [5, 5.41) is 7.54. The van der Waals surface area contributed by atoms with Gasteiger partial charge in [0.25, 0.3) is 5.91 Å². The fourth-order valence-corrected chi connectivity index (χ4v) is 3.07. The van der Waals surface area contributed by atoms with Crippen LogP contribution < -0.4 is 10.1 Å². The van der Waals surface area contributed by atoms with E-state index < -0.39 is 0 Å². The van der Waals surface area contributed by atoms with Crippen LogP contribution in [0.5, 0.6) is 5.75 Å². The topological polar surface area (TPSA) is 64.4 Å². The monoisotopic (exact) mass is 338 g/mol. The fourth-order valence-electron chi connectivity index (χ4n) is 2.51. The van der Waals surface area contributed by atoms with Crippen molar-refractivity contribution in [2.45, 2.75) is 6.54 Å². The summed E-state index contributed by atoms with van der Waals surface area (Å²) in [5.74, 6) is 0.459. The van der Waals surface area contributed by atoms with Crippen LogP contribution in [0.3, 0.4) is 0 Å². The third-order valence-electron chi connectivity index (χ3n) is 3.64. The smallest absolute Gasteiger partial charge is 0.258 e. The van der Waals surface area contributed by atoms with Crippen LogP contribution in [0.15, 0.2) is 58.5 Å². The summed E-state index contributed by atoms with van der Waals surface area (Å²) in [6.07, 6.45) is 1.72. The van der Waals surface area contributed by atoms with Crippen molar-refractivity contribution in [3.8, 4) is 5.75 Å². The molecular formula is C18H14N2O3S. The minimum absolute atomic E-state index is 0.0351. The summed E-state index contributed by atoms with van der Waals surface area (Å²) in [7, 11) is 0. The number of thiazole rings is 1. The Hall–Kier alpha value is -2.86. The molecule has 0 saturated heterocycles. The van der Waals surface area contributed by atoms with Gasteiger partial charge in [0.1, 0.15) is 21.9 Å². The summed E-state index contributed by atoms with van der Waals surface area (Å²) >= 11 is 1.51. The van der Waals surface area contributed by atoms with Crippen LogP contribution in [0.2, 0.25) is 0 Å². The SMILES string of the molecule is O=C(COc1ccc2oc3ccccc3c2c1)NCc1nccs1. The number of benzene rings is 2. The van der Waals surface area contributed by atoms with E-state index in [1.165, 1.54) is 11.3 Å². The van der Waals surface area contributed by atoms with Gasteiger partial charge in [-0.15, -0.1) is 11.3 Å². The summed E-state index contributed by atoms with van der Waals surface area (Å²) in [4.78, 5) is 16.0. The van der Waals surface area contributed by atoms with Gasteiger partial charge >= 0.3 is 0 Å². The predicted molar refractivity (Wildman–Crippen MR) is 93.2 cm³/mol. The number of carbonyl (C=O) groups excluding carboxylic acids is 1. The van der Waals surface area contributed by atoms with Gasteiger partial charge in [-0.25, -0.2) is 4.98 Å². The molecule has 6 heteroatoms. The Morgan fingerprint density at radius 3 is 2.92 bits per heavy atom. The zero-order valence-electron chi connectivity index (χ0n) is 12.7. The lowest BCUT2D eigenvalue weighted by atomic mass is 10.1. The van der Waals surface area contributed by atoms with Gasteiger partial charge < -0.3 is 14.5 Å². The zero-order chi connectivity index (χ0) is 16.4. The highest BCUT2D eigenvalue weighted by Crippen LogP contribution is 2.31. The molecule has 0 fully saturated rings. The van der Waals surface area contributed by atoms with E-state index in [0.29, 0.717) is 12.3 Å². The van der Waals surface area contributed by atoms with Crippen LogP contribution in [0.25, 0.3) is 21.9 Å². The van der Waals surface area contributed by atoms with Gasteiger partial charge in [-0.3, -0.25) is 4.79 Å². The first-order valence-electron chi connectivity index (χ1n) is 7.49. The van der Waals surface area contributed by atoms with Crippen molar-refractivity contribution in [1.82, 2.24) is 10.3 Å². The number of furan rings is 1. The Morgan fingerprint density at radius 1 is 1.17 bits per heavy atom. The molecule has 0 bridgehead atoms. The van der Waals surface area contributed by atoms with Gasteiger partial charge in [-0.05, 0) is 24.3 Å². The van der Waals surface area contributed by atoms with Gasteiger partial charge in [-0.1, -0.05) is 18.2 Å². The van der Waals surface area contributed by atoms with E-state index in [1.807, 2.05) is 41.8 Å². The Morgan fingerprint density at radius 2 is 2.04 bits per heavy atom. The van der Waals surface area contributed by atoms with Crippen molar-refractivity contribution < 1.29 is 13.9 Å². The number of hydrogen-bond donors (Lipinski definition) is 1. The molecule has 120 valence electrons. The molecule has 2 heterocycles. The first-order chi connectivity index (χ1) is 11.8. The maximum atomic E-state index is 11.9. The second kappa shape index (κ2) is 6.33. The fraction of sp³-hybridized carbons (Fsp3) is 0.111. The van der Waals surface area contributed by atoms with Gasteiger partial charge in [-0.2, -0.15) is 0 Å². The molecule has 0 aliphatic heterocycles. The van der Waals surface area contributed by atoms with Crippen LogP contribution in [0, 0.1) is 0 Å². The lowest BCUT2D eigenvalue weighted by Crippen LogP contribution is -2.28. The normalized spacial score (nSPS) is 11.0. The van der Waals surface area contributed by atoms with E-state index in [4.69, 9.17) is 9.15 Å². The summed E-state index contributed by atoms with van der Waals surface area (Å²) in [6.45, 7) is 0.387. The first kappa shape index (κ1) is 14.7. The van der Waals surface area contributed by atoms with Crippen molar-refractivity contribution in [3.63, 3.8) is 0 Å². The van der Waals surface area contributed by atoms with Gasteiger partial charge in [0, 0.05) is 22.3 Å². The maximum Gasteiger partial charge on any atom is 0.258 e. The second-order valence-corrected chi connectivity index (χ2v) is 6.23. The van der Waals surface area contributed by atoms with Crippen molar-refractivity contribution in [3.05, 3.63) is 59.0 Å². The molecule has 1 amide bonds. The molecule has 2 aromatic heterocycles.